The topological polar surface area (TPSA) is 78.8 Å². The SMILES string of the molecule is Cc1nc(NC(=O)c2ccc3c(C)nn(C)c3c2)cc2[nH]c(C3CCCN3C)cc12. The van der Waals surface area contributed by atoms with E-state index in [9.17, 15) is 4.79 Å². The number of carbonyl (C=O) groups excluding carboxylic acids is 1. The Morgan fingerprint density at radius 1 is 1.13 bits per heavy atom. The number of nitrogens with one attached hydrogen (secondary N) is 2. The summed E-state index contributed by atoms with van der Waals surface area (Å²) >= 11 is 0. The summed E-state index contributed by atoms with van der Waals surface area (Å²) in [4.78, 5) is 23.4. The second kappa shape index (κ2) is 6.95. The van der Waals surface area contributed by atoms with Crippen LogP contribution in [0.2, 0.25) is 0 Å². The predicted octanol–water partition coefficient (Wildman–Crippen LogP) is 4.09. The van der Waals surface area contributed by atoms with Crippen molar-refractivity contribution in [3.8, 4) is 0 Å². The van der Waals surface area contributed by atoms with Crippen LogP contribution in [0, 0.1) is 13.8 Å². The van der Waals surface area contributed by atoms with E-state index in [1.165, 1.54) is 12.1 Å². The number of H-pyrrole nitrogens is 1. The van der Waals surface area contributed by atoms with Crippen LogP contribution in [0.25, 0.3) is 21.8 Å². The van der Waals surface area contributed by atoms with Crippen LogP contribution in [0.3, 0.4) is 0 Å². The number of aryl methyl sites for hydroxylation is 3. The number of aromatic nitrogens is 4. The summed E-state index contributed by atoms with van der Waals surface area (Å²) in [6, 6.07) is 10.2. The van der Waals surface area contributed by atoms with Gasteiger partial charge in [-0.2, -0.15) is 5.10 Å². The van der Waals surface area contributed by atoms with Gasteiger partial charge >= 0.3 is 0 Å². The van der Waals surface area contributed by atoms with Gasteiger partial charge in [0.15, 0.2) is 0 Å². The minimum atomic E-state index is -0.177. The molecule has 0 radical (unpaired) electrons. The van der Waals surface area contributed by atoms with Crippen molar-refractivity contribution in [3.63, 3.8) is 0 Å². The van der Waals surface area contributed by atoms with Crippen molar-refractivity contribution in [1.82, 2.24) is 24.6 Å². The second-order valence-electron chi connectivity index (χ2n) is 8.31. The van der Waals surface area contributed by atoms with Crippen LogP contribution >= 0.6 is 0 Å². The van der Waals surface area contributed by atoms with Crippen LogP contribution in [0.4, 0.5) is 5.82 Å². The van der Waals surface area contributed by atoms with Crippen molar-refractivity contribution < 1.29 is 4.79 Å². The molecule has 4 aromatic rings. The molecule has 7 heteroatoms. The Morgan fingerprint density at radius 3 is 2.73 bits per heavy atom. The van der Waals surface area contributed by atoms with E-state index in [0.29, 0.717) is 17.4 Å². The van der Waals surface area contributed by atoms with Gasteiger partial charge in [0.25, 0.3) is 5.91 Å². The van der Waals surface area contributed by atoms with Gasteiger partial charge in [0.2, 0.25) is 0 Å². The quantitative estimate of drug-likeness (QED) is 0.541. The van der Waals surface area contributed by atoms with Crippen LogP contribution in [0.15, 0.2) is 30.3 Å². The molecule has 1 amide bonds. The third kappa shape index (κ3) is 3.06. The predicted molar refractivity (Wildman–Crippen MR) is 119 cm³/mol. The fourth-order valence-corrected chi connectivity index (χ4v) is 4.63. The molecule has 0 saturated carbocycles. The maximum atomic E-state index is 12.9. The van der Waals surface area contributed by atoms with E-state index in [1.807, 2.05) is 45.2 Å². The average Bonchev–Trinajstić information content (AvgIpc) is 3.39. The zero-order valence-corrected chi connectivity index (χ0v) is 17.8. The molecule has 0 spiro atoms. The van der Waals surface area contributed by atoms with Gasteiger partial charge in [0.1, 0.15) is 5.82 Å². The maximum absolute atomic E-state index is 12.9. The lowest BCUT2D eigenvalue weighted by Gasteiger charge is -2.17. The molecule has 1 aliphatic rings. The molecule has 1 atom stereocenters. The highest BCUT2D eigenvalue weighted by atomic mass is 16.1. The fourth-order valence-electron chi connectivity index (χ4n) is 4.63. The molecule has 0 bridgehead atoms. The van der Waals surface area contributed by atoms with Crippen molar-refractivity contribution in [3.05, 3.63) is 53.0 Å². The van der Waals surface area contributed by atoms with Gasteiger partial charge in [0, 0.05) is 46.9 Å². The minimum absolute atomic E-state index is 0.177. The fraction of sp³-hybridized carbons (Fsp3) is 0.348. The molecule has 1 unspecified atom stereocenters. The number of benzene rings is 1. The Kier molecular flexibility index (Phi) is 4.36. The number of rotatable bonds is 3. The lowest BCUT2D eigenvalue weighted by atomic mass is 10.1. The Bertz CT molecular complexity index is 1280. The Balaban J connectivity index is 1.44. The Labute approximate surface area is 175 Å². The molecule has 1 saturated heterocycles. The van der Waals surface area contributed by atoms with Gasteiger partial charge in [-0.25, -0.2) is 4.98 Å². The van der Waals surface area contributed by atoms with Crippen LogP contribution in [-0.4, -0.2) is 44.1 Å². The summed E-state index contributed by atoms with van der Waals surface area (Å²) in [6.07, 6.45) is 2.38. The van der Waals surface area contributed by atoms with Gasteiger partial charge in [0.05, 0.1) is 16.7 Å². The van der Waals surface area contributed by atoms with E-state index in [2.05, 4.69) is 38.4 Å². The van der Waals surface area contributed by atoms with Crippen molar-refractivity contribution in [2.45, 2.75) is 32.7 Å². The summed E-state index contributed by atoms with van der Waals surface area (Å²) in [5.74, 6) is 0.378. The zero-order valence-electron chi connectivity index (χ0n) is 17.8. The summed E-state index contributed by atoms with van der Waals surface area (Å²) in [5, 5.41) is 9.55. The Morgan fingerprint density at radius 2 is 1.97 bits per heavy atom. The minimum Gasteiger partial charge on any atom is -0.357 e. The lowest BCUT2D eigenvalue weighted by Crippen LogP contribution is -2.17. The van der Waals surface area contributed by atoms with Gasteiger partial charge in [-0.1, -0.05) is 6.07 Å². The van der Waals surface area contributed by atoms with Crippen molar-refractivity contribution in [1.29, 1.82) is 0 Å². The first-order valence-corrected chi connectivity index (χ1v) is 10.4. The number of aromatic amines is 1. The molecule has 3 aromatic heterocycles. The number of hydrogen-bond donors (Lipinski definition) is 2. The van der Waals surface area contributed by atoms with E-state index in [0.717, 1.165) is 46.2 Å². The summed E-state index contributed by atoms with van der Waals surface area (Å²) in [7, 11) is 4.06. The third-order valence-corrected chi connectivity index (χ3v) is 6.25. The number of likely N-dealkylation sites (tertiary alicyclic amines) is 1. The highest BCUT2D eigenvalue weighted by molar-refractivity contribution is 6.06. The maximum Gasteiger partial charge on any atom is 0.256 e. The molecule has 1 aliphatic heterocycles. The summed E-state index contributed by atoms with van der Waals surface area (Å²) in [6.45, 7) is 5.08. The largest absolute Gasteiger partial charge is 0.357 e. The Hall–Kier alpha value is -3.19. The molecule has 7 nitrogen and oxygen atoms in total. The molecule has 5 rings (SSSR count). The molecule has 2 N–H and O–H groups in total. The van der Waals surface area contributed by atoms with E-state index in [1.54, 1.807) is 4.68 Å². The first-order chi connectivity index (χ1) is 14.4. The molecule has 1 aromatic carbocycles. The average molecular weight is 403 g/mol. The van der Waals surface area contributed by atoms with Crippen LogP contribution in [0.5, 0.6) is 0 Å². The summed E-state index contributed by atoms with van der Waals surface area (Å²) < 4.78 is 1.80. The normalized spacial score (nSPS) is 17.3. The molecule has 154 valence electrons. The van der Waals surface area contributed by atoms with Crippen molar-refractivity contribution >= 4 is 33.5 Å². The highest BCUT2D eigenvalue weighted by Gasteiger charge is 2.24. The number of anilines is 1. The molecule has 1 fully saturated rings. The lowest BCUT2D eigenvalue weighted by molar-refractivity contribution is 0.102. The molecule has 30 heavy (non-hydrogen) atoms. The first-order valence-electron chi connectivity index (χ1n) is 10.4. The second-order valence-corrected chi connectivity index (χ2v) is 8.31. The number of carbonyl (C=O) groups is 1. The molecule has 4 heterocycles. The molecular formula is C23H26N6O. The first kappa shape index (κ1) is 18.8. The van der Waals surface area contributed by atoms with E-state index < -0.39 is 0 Å². The molecular weight excluding hydrogens is 376 g/mol. The van der Waals surface area contributed by atoms with Gasteiger partial charge in [-0.3, -0.25) is 14.4 Å². The monoisotopic (exact) mass is 402 g/mol. The van der Waals surface area contributed by atoms with E-state index in [-0.39, 0.29) is 5.91 Å². The zero-order chi connectivity index (χ0) is 21.0. The van der Waals surface area contributed by atoms with Crippen LogP contribution in [0.1, 0.15) is 46.3 Å². The van der Waals surface area contributed by atoms with Gasteiger partial charge < -0.3 is 10.3 Å². The van der Waals surface area contributed by atoms with Gasteiger partial charge in [-0.15, -0.1) is 0 Å². The number of fused-ring (bicyclic) bond motifs is 2. The number of nitrogens with zero attached hydrogens (tertiary/aromatic N) is 4. The standard InChI is InChI=1S/C23H26N6O/c1-13-17-11-19(20-6-5-9-28(20)3)25-18(17)12-22(24-13)26-23(30)15-7-8-16-14(2)27-29(4)21(16)10-15/h7-8,10-12,20,25H,5-6,9H2,1-4H3,(H,24,26,30). The number of amides is 1. The van der Waals surface area contributed by atoms with E-state index in [4.69, 9.17) is 0 Å². The van der Waals surface area contributed by atoms with Crippen molar-refractivity contribution in [2.24, 2.45) is 7.05 Å². The molecule has 0 aliphatic carbocycles. The van der Waals surface area contributed by atoms with Gasteiger partial charge in [-0.05, 0) is 58.5 Å². The third-order valence-electron chi connectivity index (χ3n) is 6.25. The number of hydrogen-bond acceptors (Lipinski definition) is 4. The van der Waals surface area contributed by atoms with E-state index >= 15 is 0 Å². The smallest absolute Gasteiger partial charge is 0.256 e. The highest BCUT2D eigenvalue weighted by Crippen LogP contribution is 2.33. The summed E-state index contributed by atoms with van der Waals surface area (Å²) in [5.41, 5.74) is 5.61. The van der Waals surface area contributed by atoms with Crippen LogP contribution < -0.4 is 5.32 Å². The van der Waals surface area contributed by atoms with Crippen molar-refractivity contribution in [2.75, 3.05) is 18.9 Å². The van der Waals surface area contributed by atoms with Crippen LogP contribution in [-0.2, 0) is 7.05 Å². The number of pyridine rings is 1.